The van der Waals surface area contributed by atoms with Crippen molar-refractivity contribution in [3.05, 3.63) is 34.3 Å². The van der Waals surface area contributed by atoms with Gasteiger partial charge in [-0.15, -0.1) is 0 Å². The van der Waals surface area contributed by atoms with E-state index in [0.29, 0.717) is 0 Å². The Labute approximate surface area is 91.6 Å². The summed E-state index contributed by atoms with van der Waals surface area (Å²) in [6.07, 6.45) is 0. The number of carbonyl (C=O) groups is 1. The van der Waals surface area contributed by atoms with E-state index < -0.39 is 16.4 Å². The van der Waals surface area contributed by atoms with Crippen LogP contribution in [0.3, 0.4) is 0 Å². The molecule has 1 rings (SSSR count). The predicted octanol–water partition coefficient (Wildman–Crippen LogP) is 3.48. The van der Waals surface area contributed by atoms with E-state index >= 15 is 0 Å². The Kier molecular flexibility index (Phi) is 3.11. The monoisotopic (exact) mass is 284 g/mol. The van der Waals surface area contributed by atoms with Crippen molar-refractivity contribution in [2.75, 3.05) is 0 Å². The van der Waals surface area contributed by atoms with Crippen molar-refractivity contribution in [1.82, 2.24) is 0 Å². The molecule has 0 fully saturated rings. The minimum atomic E-state index is -3.28. The standard InChI is InChI=1S/C8H4BrClF2O2/c9-8(11,12)5-1-4(7(13)14)2-6(10)3-5/h1-3H,(H,13,14). The van der Waals surface area contributed by atoms with Gasteiger partial charge >= 0.3 is 10.8 Å². The summed E-state index contributed by atoms with van der Waals surface area (Å²) in [6.45, 7) is 0. The molecule has 0 radical (unpaired) electrons. The third-order valence-electron chi connectivity index (χ3n) is 1.47. The fourth-order valence-corrected chi connectivity index (χ4v) is 1.34. The van der Waals surface area contributed by atoms with Crippen LogP contribution in [0.25, 0.3) is 0 Å². The summed E-state index contributed by atoms with van der Waals surface area (Å²) in [4.78, 5) is 7.24. The van der Waals surface area contributed by atoms with Gasteiger partial charge in [-0.05, 0) is 34.1 Å². The van der Waals surface area contributed by atoms with Crippen LogP contribution < -0.4 is 0 Å². The van der Waals surface area contributed by atoms with Gasteiger partial charge < -0.3 is 5.11 Å². The topological polar surface area (TPSA) is 37.3 Å². The van der Waals surface area contributed by atoms with Gasteiger partial charge in [0, 0.05) is 10.6 Å². The van der Waals surface area contributed by atoms with Crippen molar-refractivity contribution in [1.29, 1.82) is 0 Å². The summed E-state index contributed by atoms with van der Waals surface area (Å²) in [7, 11) is 0. The van der Waals surface area contributed by atoms with Crippen LogP contribution in [-0.4, -0.2) is 11.1 Å². The molecule has 0 aliphatic heterocycles. The first-order chi connectivity index (χ1) is 6.30. The van der Waals surface area contributed by atoms with Crippen LogP contribution in [-0.2, 0) is 4.83 Å². The second-order valence-corrected chi connectivity index (χ2v) is 3.96. The molecule has 14 heavy (non-hydrogen) atoms. The third kappa shape index (κ3) is 2.65. The first kappa shape index (κ1) is 11.4. The van der Waals surface area contributed by atoms with Crippen molar-refractivity contribution in [2.45, 2.75) is 4.83 Å². The Morgan fingerprint density at radius 2 is 2.00 bits per heavy atom. The highest BCUT2D eigenvalue weighted by molar-refractivity contribution is 9.09. The van der Waals surface area contributed by atoms with Crippen molar-refractivity contribution < 1.29 is 18.7 Å². The lowest BCUT2D eigenvalue weighted by atomic mass is 10.1. The molecule has 0 aliphatic rings. The van der Waals surface area contributed by atoms with Crippen molar-refractivity contribution >= 4 is 33.5 Å². The predicted molar refractivity (Wildman–Crippen MR) is 51.2 cm³/mol. The summed E-state index contributed by atoms with van der Waals surface area (Å²) in [5.41, 5.74) is -0.756. The maximum Gasteiger partial charge on any atom is 0.335 e. The van der Waals surface area contributed by atoms with E-state index in [1.54, 1.807) is 0 Å². The van der Waals surface area contributed by atoms with Crippen LogP contribution in [0.1, 0.15) is 15.9 Å². The van der Waals surface area contributed by atoms with Crippen LogP contribution in [0.2, 0.25) is 5.02 Å². The Morgan fingerprint density at radius 3 is 2.43 bits per heavy atom. The van der Waals surface area contributed by atoms with Crippen LogP contribution >= 0.6 is 27.5 Å². The zero-order valence-electron chi connectivity index (χ0n) is 6.60. The molecule has 0 bridgehead atoms. The molecule has 0 atom stereocenters. The molecular weight excluding hydrogens is 281 g/mol. The van der Waals surface area contributed by atoms with Crippen LogP contribution in [0, 0.1) is 0 Å². The first-order valence-corrected chi connectivity index (χ1v) is 4.59. The highest BCUT2D eigenvalue weighted by atomic mass is 79.9. The van der Waals surface area contributed by atoms with Gasteiger partial charge in [0.1, 0.15) is 0 Å². The number of rotatable bonds is 2. The summed E-state index contributed by atoms with van der Waals surface area (Å²) >= 11 is 7.60. The summed E-state index contributed by atoms with van der Waals surface area (Å²) < 4.78 is 25.5. The number of hydrogen-bond donors (Lipinski definition) is 1. The summed E-state index contributed by atoms with van der Waals surface area (Å²) in [5, 5.41) is 8.54. The number of halogens is 4. The quantitative estimate of drug-likeness (QED) is 0.845. The smallest absolute Gasteiger partial charge is 0.335 e. The van der Waals surface area contributed by atoms with E-state index in [9.17, 15) is 13.6 Å². The SMILES string of the molecule is O=C(O)c1cc(Cl)cc(C(F)(F)Br)c1. The van der Waals surface area contributed by atoms with E-state index in [0.717, 1.165) is 18.2 Å². The van der Waals surface area contributed by atoms with Gasteiger partial charge in [-0.25, -0.2) is 4.79 Å². The van der Waals surface area contributed by atoms with E-state index in [4.69, 9.17) is 16.7 Å². The molecule has 0 saturated carbocycles. The molecule has 0 spiro atoms. The lowest BCUT2D eigenvalue weighted by Gasteiger charge is -2.09. The van der Waals surface area contributed by atoms with Gasteiger partial charge in [0.15, 0.2) is 0 Å². The van der Waals surface area contributed by atoms with Crippen molar-refractivity contribution in [3.8, 4) is 0 Å². The normalized spacial score (nSPS) is 11.4. The van der Waals surface area contributed by atoms with Crippen molar-refractivity contribution in [3.63, 3.8) is 0 Å². The van der Waals surface area contributed by atoms with E-state index in [1.165, 1.54) is 0 Å². The zero-order chi connectivity index (χ0) is 10.9. The number of hydrogen-bond acceptors (Lipinski definition) is 1. The number of aromatic carboxylic acids is 1. The molecule has 0 aromatic heterocycles. The summed E-state index contributed by atoms with van der Waals surface area (Å²) in [5.74, 6) is -1.30. The van der Waals surface area contributed by atoms with E-state index in [-0.39, 0.29) is 10.6 Å². The Bertz CT molecular complexity index is 376. The molecule has 6 heteroatoms. The zero-order valence-corrected chi connectivity index (χ0v) is 8.94. The van der Waals surface area contributed by atoms with Gasteiger partial charge in [-0.3, -0.25) is 0 Å². The lowest BCUT2D eigenvalue weighted by molar-refractivity contribution is 0.0696. The maximum absolute atomic E-state index is 12.7. The van der Waals surface area contributed by atoms with Crippen LogP contribution in [0.15, 0.2) is 18.2 Å². The molecule has 2 nitrogen and oxygen atoms in total. The number of alkyl halides is 3. The minimum absolute atomic E-state index is 0.0426. The van der Waals surface area contributed by atoms with E-state index in [1.807, 2.05) is 0 Å². The fraction of sp³-hybridized carbons (Fsp3) is 0.125. The number of carboxylic acid groups (broad SMARTS) is 1. The molecule has 0 aliphatic carbocycles. The Morgan fingerprint density at radius 1 is 1.43 bits per heavy atom. The summed E-state index contributed by atoms with van der Waals surface area (Å²) in [6, 6.07) is 2.97. The lowest BCUT2D eigenvalue weighted by Crippen LogP contribution is -2.05. The maximum atomic E-state index is 12.7. The fourth-order valence-electron chi connectivity index (χ4n) is 0.877. The average molecular weight is 285 g/mol. The molecule has 0 saturated heterocycles. The molecule has 0 unspecified atom stereocenters. The second-order valence-electron chi connectivity index (χ2n) is 2.53. The highest BCUT2D eigenvalue weighted by Crippen LogP contribution is 2.36. The van der Waals surface area contributed by atoms with Gasteiger partial charge in [0.05, 0.1) is 5.56 Å². The van der Waals surface area contributed by atoms with Gasteiger partial charge in [0.2, 0.25) is 0 Å². The molecule has 0 amide bonds. The minimum Gasteiger partial charge on any atom is -0.478 e. The highest BCUT2D eigenvalue weighted by Gasteiger charge is 2.28. The number of carboxylic acids is 1. The van der Waals surface area contributed by atoms with Gasteiger partial charge in [0.25, 0.3) is 0 Å². The van der Waals surface area contributed by atoms with E-state index in [2.05, 4.69) is 15.9 Å². The number of benzene rings is 1. The first-order valence-electron chi connectivity index (χ1n) is 3.42. The Hall–Kier alpha value is -0.680. The third-order valence-corrected chi connectivity index (χ3v) is 2.15. The largest absolute Gasteiger partial charge is 0.478 e. The molecule has 76 valence electrons. The van der Waals surface area contributed by atoms with Crippen molar-refractivity contribution in [2.24, 2.45) is 0 Å². The van der Waals surface area contributed by atoms with Crippen LogP contribution in [0.5, 0.6) is 0 Å². The van der Waals surface area contributed by atoms with Crippen LogP contribution in [0.4, 0.5) is 8.78 Å². The second kappa shape index (κ2) is 3.82. The van der Waals surface area contributed by atoms with Gasteiger partial charge in [-0.2, -0.15) is 8.78 Å². The molecule has 0 heterocycles. The molecular formula is C8H4BrClF2O2. The molecule has 1 aromatic carbocycles. The molecule has 1 aromatic rings. The average Bonchev–Trinajstić information content (AvgIpc) is 2.01. The van der Waals surface area contributed by atoms with Gasteiger partial charge in [-0.1, -0.05) is 11.6 Å². The Balaban J connectivity index is 3.28. The molecule has 1 N–H and O–H groups in total.